The molecule has 1 aliphatic rings. The summed E-state index contributed by atoms with van der Waals surface area (Å²) in [6.45, 7) is 1.10. The van der Waals surface area contributed by atoms with E-state index in [2.05, 4.69) is 23.0 Å². The van der Waals surface area contributed by atoms with Gasteiger partial charge in [0.1, 0.15) is 24.7 Å². The van der Waals surface area contributed by atoms with Gasteiger partial charge in [0.05, 0.1) is 0 Å². The van der Waals surface area contributed by atoms with Crippen molar-refractivity contribution < 1.29 is 9.57 Å². The highest BCUT2D eigenvalue weighted by atomic mass is 32.1. The fourth-order valence-corrected chi connectivity index (χ4v) is 1.27. The third-order valence-electron chi connectivity index (χ3n) is 1.73. The minimum Gasteiger partial charge on any atom is -0.489 e. The van der Waals surface area contributed by atoms with E-state index in [-0.39, 0.29) is 0 Å². The predicted octanol–water partition coefficient (Wildman–Crippen LogP) is 1.68. The Hall–Kier alpha value is -1.07. The van der Waals surface area contributed by atoms with Gasteiger partial charge in [-0.15, -0.1) is 0 Å². The normalized spacial score (nSPS) is 14.8. The van der Waals surface area contributed by atoms with Gasteiger partial charge in [0.2, 0.25) is 0 Å². The molecular weight excluding hydrogens is 188 g/mol. The smallest absolute Gasteiger partial charge is 0.144 e. The van der Waals surface area contributed by atoms with Crippen molar-refractivity contribution in [1.82, 2.24) is 0 Å². The molecule has 1 aromatic carbocycles. The van der Waals surface area contributed by atoms with E-state index in [0.717, 1.165) is 17.1 Å². The summed E-state index contributed by atoms with van der Waals surface area (Å²) in [7, 11) is 0. The number of benzene rings is 1. The predicted molar refractivity (Wildman–Crippen MR) is 54.1 cm³/mol. The monoisotopic (exact) mass is 198 g/mol. The third kappa shape index (κ3) is 1.81. The number of thiol groups is 1. The maximum atomic E-state index is 5.41. The van der Waals surface area contributed by atoms with Gasteiger partial charge in [0.25, 0.3) is 0 Å². The Morgan fingerprint density at radius 3 is 3.15 bits per heavy atom. The molecule has 1 aliphatic heterocycles. The summed E-state index contributed by atoms with van der Waals surface area (Å²) in [6, 6.07) is 5.63. The Balaban J connectivity index is 2.32. The second-order valence-corrected chi connectivity index (χ2v) is 2.85. The summed E-state index contributed by atoms with van der Waals surface area (Å²) in [5.74, 6) is 0.796. The molecule has 0 aliphatic carbocycles. The van der Waals surface area contributed by atoms with Crippen molar-refractivity contribution in [2.45, 2.75) is 0 Å². The van der Waals surface area contributed by atoms with Gasteiger partial charge in [-0.3, -0.25) is 10.3 Å². The Morgan fingerprint density at radius 1 is 1.38 bits per heavy atom. The molecular formula is C8H10N2O2S. The van der Waals surface area contributed by atoms with Crippen LogP contribution < -0.4 is 14.9 Å². The number of ether oxygens (including phenoxy) is 1. The first-order valence-corrected chi connectivity index (χ1v) is 4.39. The first-order chi connectivity index (χ1) is 6.40. The van der Waals surface area contributed by atoms with Gasteiger partial charge in [0.15, 0.2) is 0 Å². The van der Waals surface area contributed by atoms with Crippen LogP contribution in [0.1, 0.15) is 0 Å². The van der Waals surface area contributed by atoms with Crippen molar-refractivity contribution in [3.05, 3.63) is 18.2 Å². The lowest BCUT2D eigenvalue weighted by Gasteiger charge is -2.07. The van der Waals surface area contributed by atoms with Gasteiger partial charge in [-0.05, 0) is 18.2 Å². The van der Waals surface area contributed by atoms with Crippen molar-refractivity contribution in [1.29, 1.82) is 0 Å². The van der Waals surface area contributed by atoms with E-state index in [1.807, 2.05) is 18.2 Å². The molecule has 0 fully saturated rings. The fraction of sp³-hybridized carbons (Fsp3) is 0.250. The number of rotatable bonds is 1. The van der Waals surface area contributed by atoms with Gasteiger partial charge in [-0.2, -0.15) is 0 Å². The minimum absolute atomic E-state index is 0.540. The standard InChI is InChI=1S/C8H10N2O2S/c13-10-6-1-2-8-7(5-6)9-12-4-3-11-8/h1-2,5,9-10,13H,3-4H2. The lowest BCUT2D eigenvalue weighted by molar-refractivity contribution is 0.159. The van der Waals surface area contributed by atoms with Crippen molar-refractivity contribution in [2.24, 2.45) is 0 Å². The molecule has 0 bridgehead atoms. The van der Waals surface area contributed by atoms with Crippen LogP contribution in [0.3, 0.4) is 0 Å². The minimum atomic E-state index is 0.540. The first-order valence-electron chi connectivity index (χ1n) is 3.95. The van der Waals surface area contributed by atoms with Crippen molar-refractivity contribution in [2.75, 3.05) is 23.4 Å². The molecule has 0 atom stereocenters. The summed E-state index contributed by atoms with van der Waals surface area (Å²) in [4.78, 5) is 5.09. The van der Waals surface area contributed by atoms with E-state index >= 15 is 0 Å². The summed E-state index contributed by atoms with van der Waals surface area (Å²) in [5, 5.41) is 0. The second kappa shape index (κ2) is 3.76. The van der Waals surface area contributed by atoms with Crippen LogP contribution in [0.2, 0.25) is 0 Å². The summed E-state index contributed by atoms with van der Waals surface area (Å²) in [6.07, 6.45) is 0. The van der Waals surface area contributed by atoms with Gasteiger partial charge >= 0.3 is 0 Å². The number of nitrogens with one attached hydrogen (secondary N) is 2. The number of hydrogen-bond acceptors (Lipinski definition) is 5. The zero-order valence-electron chi connectivity index (χ0n) is 6.91. The van der Waals surface area contributed by atoms with Crippen LogP contribution in [0.25, 0.3) is 0 Å². The quantitative estimate of drug-likeness (QED) is 0.601. The average Bonchev–Trinajstić information content (AvgIpc) is 2.41. The summed E-state index contributed by atoms with van der Waals surface area (Å²) < 4.78 is 8.15. The molecule has 70 valence electrons. The molecule has 1 heterocycles. The molecule has 0 radical (unpaired) electrons. The molecule has 4 nitrogen and oxygen atoms in total. The summed E-state index contributed by atoms with van der Waals surface area (Å²) in [5.41, 5.74) is 4.51. The van der Waals surface area contributed by atoms with Gasteiger partial charge < -0.3 is 9.46 Å². The largest absolute Gasteiger partial charge is 0.489 e. The molecule has 2 N–H and O–H groups in total. The third-order valence-corrected chi connectivity index (χ3v) is 1.99. The van der Waals surface area contributed by atoms with Crippen LogP contribution in [-0.4, -0.2) is 13.2 Å². The van der Waals surface area contributed by atoms with Crippen molar-refractivity contribution >= 4 is 24.2 Å². The lowest BCUT2D eigenvalue weighted by Crippen LogP contribution is -2.04. The van der Waals surface area contributed by atoms with Crippen LogP contribution in [0.5, 0.6) is 5.75 Å². The number of fused-ring (bicyclic) bond motifs is 1. The fourth-order valence-electron chi connectivity index (χ4n) is 1.13. The Morgan fingerprint density at radius 2 is 2.31 bits per heavy atom. The molecule has 0 saturated heterocycles. The molecule has 0 amide bonds. The number of hydrogen-bond donors (Lipinski definition) is 3. The summed E-state index contributed by atoms with van der Waals surface area (Å²) >= 11 is 3.95. The molecule has 0 unspecified atom stereocenters. The highest BCUT2D eigenvalue weighted by Crippen LogP contribution is 2.29. The van der Waals surface area contributed by atoms with E-state index in [1.165, 1.54) is 0 Å². The van der Waals surface area contributed by atoms with Crippen molar-refractivity contribution in [3.8, 4) is 5.75 Å². The highest BCUT2D eigenvalue weighted by molar-refractivity contribution is 7.81. The number of anilines is 2. The average molecular weight is 198 g/mol. The Kier molecular flexibility index (Phi) is 2.47. The molecule has 13 heavy (non-hydrogen) atoms. The topological polar surface area (TPSA) is 42.5 Å². The Labute approximate surface area is 81.7 Å². The van der Waals surface area contributed by atoms with Gasteiger partial charge in [-0.25, -0.2) is 0 Å². The van der Waals surface area contributed by atoms with E-state index in [4.69, 9.17) is 9.57 Å². The van der Waals surface area contributed by atoms with E-state index in [9.17, 15) is 0 Å². The lowest BCUT2D eigenvalue weighted by atomic mass is 10.2. The molecule has 0 aromatic heterocycles. The van der Waals surface area contributed by atoms with Crippen LogP contribution in [0.15, 0.2) is 18.2 Å². The van der Waals surface area contributed by atoms with Crippen LogP contribution in [0.4, 0.5) is 11.4 Å². The molecule has 5 heteroatoms. The van der Waals surface area contributed by atoms with E-state index in [1.54, 1.807) is 0 Å². The van der Waals surface area contributed by atoms with Crippen molar-refractivity contribution in [3.63, 3.8) is 0 Å². The molecule has 0 spiro atoms. The second-order valence-electron chi connectivity index (χ2n) is 2.62. The first kappa shape index (κ1) is 8.52. The zero-order valence-corrected chi connectivity index (χ0v) is 7.80. The van der Waals surface area contributed by atoms with Crippen LogP contribution in [0, 0.1) is 0 Å². The van der Waals surface area contributed by atoms with Gasteiger partial charge in [0, 0.05) is 5.69 Å². The SMILES string of the molecule is SNc1ccc2c(c1)NOCCO2. The molecule has 2 rings (SSSR count). The maximum Gasteiger partial charge on any atom is 0.144 e. The van der Waals surface area contributed by atoms with Crippen LogP contribution in [-0.2, 0) is 4.84 Å². The van der Waals surface area contributed by atoms with Crippen LogP contribution >= 0.6 is 12.8 Å². The van der Waals surface area contributed by atoms with Gasteiger partial charge in [-0.1, -0.05) is 12.8 Å². The highest BCUT2D eigenvalue weighted by Gasteiger charge is 2.08. The van der Waals surface area contributed by atoms with E-state index < -0.39 is 0 Å². The van der Waals surface area contributed by atoms with E-state index in [0.29, 0.717) is 13.2 Å². The molecule has 0 saturated carbocycles. The Bertz CT molecular complexity index is 306. The molecule has 1 aromatic rings. The zero-order chi connectivity index (χ0) is 9.10. The maximum absolute atomic E-state index is 5.41.